The Kier molecular flexibility index (Phi) is 5.61. The first kappa shape index (κ1) is 20.3. The van der Waals surface area contributed by atoms with Gasteiger partial charge in [0, 0.05) is 31.9 Å². The Morgan fingerprint density at radius 2 is 1.84 bits per heavy atom. The zero-order chi connectivity index (χ0) is 21.9. The summed E-state index contributed by atoms with van der Waals surface area (Å²) >= 11 is 0. The SMILES string of the molecule is N#Cc1c(N2CCN(CC(=O)Nc3ccccc3)CC2)nc(-c2ccco2)c2c1CCC2. The van der Waals surface area contributed by atoms with E-state index < -0.39 is 0 Å². The molecule has 1 aromatic carbocycles. The molecule has 0 spiro atoms. The van der Waals surface area contributed by atoms with Crippen molar-refractivity contribution in [3.8, 4) is 17.5 Å². The van der Waals surface area contributed by atoms with E-state index in [2.05, 4.69) is 21.2 Å². The van der Waals surface area contributed by atoms with Crippen LogP contribution in [-0.2, 0) is 17.6 Å². The number of hydrogen-bond donors (Lipinski definition) is 1. The standard InChI is InChI=1S/C25H25N5O2/c26-16-21-19-8-4-9-20(19)24(22-10-5-15-32-22)28-25(21)30-13-11-29(12-14-30)17-23(31)27-18-6-2-1-3-7-18/h1-3,5-7,10,15H,4,8-9,11-14,17H2,(H,27,31). The number of pyridine rings is 1. The van der Waals surface area contributed by atoms with E-state index in [0.717, 1.165) is 79.5 Å². The maximum atomic E-state index is 12.4. The molecule has 0 unspecified atom stereocenters. The molecule has 0 radical (unpaired) electrons. The van der Waals surface area contributed by atoms with Gasteiger partial charge in [-0.15, -0.1) is 0 Å². The van der Waals surface area contributed by atoms with Crippen LogP contribution in [0.2, 0.25) is 0 Å². The summed E-state index contributed by atoms with van der Waals surface area (Å²) in [6.07, 6.45) is 4.53. The highest BCUT2D eigenvalue weighted by atomic mass is 16.3. The highest BCUT2D eigenvalue weighted by molar-refractivity contribution is 5.92. The van der Waals surface area contributed by atoms with Crippen LogP contribution in [0.1, 0.15) is 23.1 Å². The minimum Gasteiger partial charge on any atom is -0.463 e. The van der Waals surface area contributed by atoms with Gasteiger partial charge < -0.3 is 14.6 Å². The van der Waals surface area contributed by atoms with Crippen LogP contribution < -0.4 is 10.2 Å². The van der Waals surface area contributed by atoms with Gasteiger partial charge in [0.2, 0.25) is 5.91 Å². The quantitative estimate of drug-likeness (QED) is 0.671. The van der Waals surface area contributed by atoms with Crippen LogP contribution in [0.3, 0.4) is 0 Å². The van der Waals surface area contributed by atoms with E-state index in [9.17, 15) is 10.1 Å². The number of hydrogen-bond acceptors (Lipinski definition) is 6. The molecule has 1 aliphatic carbocycles. The van der Waals surface area contributed by atoms with Gasteiger partial charge in [0.15, 0.2) is 5.76 Å². The number of nitrogens with zero attached hydrogens (tertiary/aromatic N) is 4. The lowest BCUT2D eigenvalue weighted by molar-refractivity contribution is -0.117. The first-order chi connectivity index (χ1) is 15.7. The average Bonchev–Trinajstić information content (AvgIpc) is 3.52. The molecule has 1 aliphatic heterocycles. The van der Waals surface area contributed by atoms with Crippen molar-refractivity contribution in [2.75, 3.05) is 42.9 Å². The molecule has 0 saturated carbocycles. The lowest BCUT2D eigenvalue weighted by atomic mass is 10.0. The molecular formula is C25H25N5O2. The molecule has 1 fully saturated rings. The zero-order valence-corrected chi connectivity index (χ0v) is 17.9. The number of aromatic nitrogens is 1. The molecule has 32 heavy (non-hydrogen) atoms. The molecule has 7 nitrogen and oxygen atoms in total. The third-order valence-electron chi connectivity index (χ3n) is 6.21. The molecule has 0 bridgehead atoms. The zero-order valence-electron chi connectivity index (χ0n) is 17.9. The minimum absolute atomic E-state index is 0.0156. The number of rotatable bonds is 5. The van der Waals surface area contributed by atoms with E-state index in [1.165, 1.54) is 0 Å². The topological polar surface area (TPSA) is 85.4 Å². The molecular weight excluding hydrogens is 402 g/mol. The Morgan fingerprint density at radius 3 is 2.56 bits per heavy atom. The second-order valence-electron chi connectivity index (χ2n) is 8.24. The monoisotopic (exact) mass is 427 g/mol. The molecule has 3 aromatic rings. The second-order valence-corrected chi connectivity index (χ2v) is 8.24. The van der Waals surface area contributed by atoms with Crippen molar-refractivity contribution >= 4 is 17.4 Å². The van der Waals surface area contributed by atoms with Crippen LogP contribution in [0, 0.1) is 11.3 Å². The van der Waals surface area contributed by atoms with Crippen LogP contribution in [0.4, 0.5) is 11.5 Å². The summed E-state index contributed by atoms with van der Waals surface area (Å²) < 4.78 is 5.65. The predicted molar refractivity (Wildman–Crippen MR) is 122 cm³/mol. The number of carbonyl (C=O) groups is 1. The Bertz CT molecular complexity index is 1140. The Labute approximate surface area is 187 Å². The molecule has 162 valence electrons. The fourth-order valence-corrected chi connectivity index (χ4v) is 4.65. The number of nitrogens with one attached hydrogen (secondary N) is 1. The largest absolute Gasteiger partial charge is 0.463 e. The van der Waals surface area contributed by atoms with E-state index >= 15 is 0 Å². The third-order valence-corrected chi connectivity index (χ3v) is 6.21. The maximum absolute atomic E-state index is 12.4. The molecule has 0 atom stereocenters. The minimum atomic E-state index is -0.0156. The summed E-state index contributed by atoms with van der Waals surface area (Å²) in [4.78, 5) is 21.7. The molecule has 1 saturated heterocycles. The van der Waals surface area contributed by atoms with Crippen LogP contribution in [0.5, 0.6) is 0 Å². The summed E-state index contributed by atoms with van der Waals surface area (Å²) in [5.74, 6) is 1.48. The van der Waals surface area contributed by atoms with Gasteiger partial charge >= 0.3 is 0 Å². The molecule has 1 N–H and O–H groups in total. The Morgan fingerprint density at radius 1 is 1.06 bits per heavy atom. The number of piperazine rings is 1. The summed E-state index contributed by atoms with van der Waals surface area (Å²) in [7, 11) is 0. The normalized spacial score (nSPS) is 15.9. The fraction of sp³-hybridized carbons (Fsp3) is 0.320. The second kappa shape index (κ2) is 8.85. The lowest BCUT2D eigenvalue weighted by Crippen LogP contribution is -2.49. The van der Waals surface area contributed by atoms with Crippen LogP contribution in [0.15, 0.2) is 53.1 Å². The summed E-state index contributed by atoms with van der Waals surface area (Å²) in [6, 6.07) is 15.7. The number of anilines is 2. The van der Waals surface area contributed by atoms with Gasteiger partial charge in [0.1, 0.15) is 17.6 Å². The number of fused-ring (bicyclic) bond motifs is 1. The van der Waals surface area contributed by atoms with Crippen LogP contribution in [-0.4, -0.2) is 48.5 Å². The lowest BCUT2D eigenvalue weighted by Gasteiger charge is -2.35. The van der Waals surface area contributed by atoms with E-state index in [-0.39, 0.29) is 5.91 Å². The molecule has 3 heterocycles. The predicted octanol–water partition coefficient (Wildman–Crippen LogP) is 3.46. The molecule has 5 rings (SSSR count). The van der Waals surface area contributed by atoms with Gasteiger partial charge in [-0.25, -0.2) is 4.98 Å². The Balaban J connectivity index is 1.31. The third kappa shape index (κ3) is 3.97. The van der Waals surface area contributed by atoms with Gasteiger partial charge in [-0.1, -0.05) is 18.2 Å². The molecule has 7 heteroatoms. The van der Waals surface area contributed by atoms with E-state index in [1.807, 2.05) is 42.5 Å². The highest BCUT2D eigenvalue weighted by Gasteiger charge is 2.29. The van der Waals surface area contributed by atoms with Crippen molar-refractivity contribution in [1.29, 1.82) is 5.26 Å². The van der Waals surface area contributed by atoms with Crippen molar-refractivity contribution in [2.45, 2.75) is 19.3 Å². The van der Waals surface area contributed by atoms with Crippen LogP contribution in [0.25, 0.3) is 11.5 Å². The number of benzene rings is 1. The van der Waals surface area contributed by atoms with Crippen molar-refractivity contribution in [2.24, 2.45) is 0 Å². The summed E-state index contributed by atoms with van der Waals surface area (Å²) in [5, 5.41) is 12.9. The summed E-state index contributed by atoms with van der Waals surface area (Å²) in [6.45, 7) is 3.26. The van der Waals surface area contributed by atoms with Gasteiger partial charge in [0.05, 0.1) is 18.4 Å². The van der Waals surface area contributed by atoms with Crippen molar-refractivity contribution in [3.63, 3.8) is 0 Å². The summed E-state index contributed by atoms with van der Waals surface area (Å²) in [5.41, 5.74) is 4.64. The fourth-order valence-electron chi connectivity index (χ4n) is 4.65. The number of carbonyl (C=O) groups excluding carboxylic acids is 1. The van der Waals surface area contributed by atoms with Gasteiger partial charge in [-0.3, -0.25) is 9.69 Å². The molecule has 2 aliphatic rings. The van der Waals surface area contributed by atoms with Crippen molar-refractivity contribution in [3.05, 3.63) is 65.4 Å². The van der Waals surface area contributed by atoms with E-state index in [0.29, 0.717) is 12.1 Å². The van der Waals surface area contributed by atoms with Gasteiger partial charge in [-0.2, -0.15) is 5.26 Å². The first-order valence-electron chi connectivity index (χ1n) is 11.0. The smallest absolute Gasteiger partial charge is 0.238 e. The first-order valence-corrected chi connectivity index (χ1v) is 11.0. The van der Waals surface area contributed by atoms with E-state index in [1.54, 1.807) is 6.26 Å². The van der Waals surface area contributed by atoms with Gasteiger partial charge in [-0.05, 0) is 54.7 Å². The Hall–Kier alpha value is -3.63. The highest BCUT2D eigenvalue weighted by Crippen LogP contribution is 2.37. The van der Waals surface area contributed by atoms with Gasteiger partial charge in [0.25, 0.3) is 0 Å². The number of furan rings is 1. The van der Waals surface area contributed by atoms with Crippen molar-refractivity contribution < 1.29 is 9.21 Å². The molecule has 1 amide bonds. The van der Waals surface area contributed by atoms with Crippen LogP contribution >= 0.6 is 0 Å². The van der Waals surface area contributed by atoms with Crippen molar-refractivity contribution in [1.82, 2.24) is 9.88 Å². The maximum Gasteiger partial charge on any atom is 0.238 e. The molecule has 2 aromatic heterocycles. The number of para-hydroxylation sites is 1. The number of nitriles is 1. The average molecular weight is 428 g/mol. The number of amides is 1. The van der Waals surface area contributed by atoms with E-state index in [4.69, 9.17) is 9.40 Å².